The molecule has 0 aliphatic rings. The highest BCUT2D eigenvalue weighted by Gasteiger charge is 2.19. The number of sulfone groups is 1. The van der Waals surface area contributed by atoms with E-state index < -0.39 is 14.8 Å². The van der Waals surface area contributed by atoms with Crippen molar-refractivity contribution in [1.82, 2.24) is 9.97 Å². The van der Waals surface area contributed by atoms with Gasteiger partial charge in [-0.05, 0) is 24.3 Å². The molecular formula is C17H14N4O5S. The average Bonchev–Trinajstić information content (AvgIpc) is 2.62. The predicted octanol–water partition coefficient (Wildman–Crippen LogP) is 3.32. The molecular weight excluding hydrogens is 372 g/mol. The number of nitrogens with one attached hydrogen (secondary N) is 1. The number of benzene rings is 2. The summed E-state index contributed by atoms with van der Waals surface area (Å²) in [7, 11) is -3.55. The maximum Gasteiger partial charge on any atom is 0.293 e. The molecule has 9 nitrogen and oxygen atoms in total. The average molecular weight is 386 g/mol. The van der Waals surface area contributed by atoms with Gasteiger partial charge in [0.1, 0.15) is 11.4 Å². The van der Waals surface area contributed by atoms with Gasteiger partial charge in [-0.2, -0.15) is 0 Å². The van der Waals surface area contributed by atoms with Crippen LogP contribution in [-0.2, 0) is 9.84 Å². The van der Waals surface area contributed by atoms with Crippen molar-refractivity contribution in [3.8, 4) is 11.6 Å². The molecule has 10 heteroatoms. The van der Waals surface area contributed by atoms with Crippen molar-refractivity contribution in [2.75, 3.05) is 11.6 Å². The van der Waals surface area contributed by atoms with E-state index in [1.165, 1.54) is 30.7 Å². The topological polar surface area (TPSA) is 124 Å². The number of hydrogen-bond acceptors (Lipinski definition) is 8. The lowest BCUT2D eigenvalue weighted by Gasteiger charge is -2.10. The second kappa shape index (κ2) is 7.38. The van der Waals surface area contributed by atoms with E-state index in [9.17, 15) is 18.5 Å². The standard InChI is InChI=1S/C17H14N4O5S/c1-27(24,25)14-5-6-15(16(10-14)21(22)23)20-12-3-2-4-13(9-12)26-17-11-18-7-8-19-17/h2-11,20H,1H3. The van der Waals surface area contributed by atoms with Crippen LogP contribution in [0, 0.1) is 10.1 Å². The van der Waals surface area contributed by atoms with E-state index >= 15 is 0 Å². The first-order valence-corrected chi connectivity index (χ1v) is 9.51. The third kappa shape index (κ3) is 4.55. The number of nitrogens with zero attached hydrogens (tertiary/aromatic N) is 3. The van der Waals surface area contributed by atoms with E-state index in [1.807, 2.05) is 0 Å². The van der Waals surface area contributed by atoms with E-state index in [4.69, 9.17) is 4.74 Å². The van der Waals surface area contributed by atoms with Crippen molar-refractivity contribution >= 4 is 26.9 Å². The van der Waals surface area contributed by atoms with Gasteiger partial charge in [0.25, 0.3) is 5.69 Å². The summed E-state index contributed by atoms with van der Waals surface area (Å²) in [5, 5.41) is 14.2. The van der Waals surface area contributed by atoms with Gasteiger partial charge in [-0.1, -0.05) is 6.07 Å². The number of nitro groups is 1. The van der Waals surface area contributed by atoms with Crippen LogP contribution in [0.4, 0.5) is 17.1 Å². The Morgan fingerprint density at radius 1 is 1.15 bits per heavy atom. The quantitative estimate of drug-likeness (QED) is 0.505. The van der Waals surface area contributed by atoms with Gasteiger partial charge in [0.2, 0.25) is 5.88 Å². The number of ether oxygens (including phenoxy) is 1. The Bertz CT molecular complexity index is 1090. The molecule has 1 aromatic heterocycles. The monoisotopic (exact) mass is 386 g/mol. The van der Waals surface area contributed by atoms with Crippen molar-refractivity contribution in [2.24, 2.45) is 0 Å². The number of aromatic nitrogens is 2. The van der Waals surface area contributed by atoms with Gasteiger partial charge in [-0.25, -0.2) is 13.4 Å². The fraction of sp³-hybridized carbons (Fsp3) is 0.0588. The lowest BCUT2D eigenvalue weighted by molar-refractivity contribution is -0.384. The Kier molecular flexibility index (Phi) is 4.99. The van der Waals surface area contributed by atoms with Crippen LogP contribution < -0.4 is 10.1 Å². The van der Waals surface area contributed by atoms with E-state index in [2.05, 4.69) is 15.3 Å². The number of rotatable bonds is 6. The SMILES string of the molecule is CS(=O)(=O)c1ccc(Nc2cccc(Oc3cnccn3)c2)c([N+](=O)[O-])c1. The Labute approximate surface area is 154 Å². The summed E-state index contributed by atoms with van der Waals surface area (Å²) in [5.41, 5.74) is 0.328. The molecule has 0 bridgehead atoms. The molecule has 0 unspecified atom stereocenters. The summed E-state index contributed by atoms with van der Waals surface area (Å²) in [6.07, 6.45) is 5.45. The minimum atomic E-state index is -3.55. The molecule has 0 aliphatic heterocycles. The summed E-state index contributed by atoms with van der Waals surface area (Å²) in [6.45, 7) is 0. The molecule has 0 fully saturated rings. The van der Waals surface area contributed by atoms with Gasteiger partial charge in [-0.15, -0.1) is 0 Å². The van der Waals surface area contributed by atoms with Crippen LogP contribution in [0.5, 0.6) is 11.6 Å². The second-order valence-corrected chi connectivity index (χ2v) is 7.52. The zero-order valence-corrected chi connectivity index (χ0v) is 14.9. The molecule has 3 rings (SSSR count). The van der Waals surface area contributed by atoms with Gasteiger partial charge in [0.05, 0.1) is 16.0 Å². The van der Waals surface area contributed by atoms with Crippen LogP contribution in [-0.4, -0.2) is 29.6 Å². The number of anilines is 2. The highest BCUT2D eigenvalue weighted by molar-refractivity contribution is 7.90. The molecule has 0 saturated heterocycles. The molecule has 0 amide bonds. The van der Waals surface area contributed by atoms with Crippen LogP contribution in [0.1, 0.15) is 0 Å². The molecule has 0 saturated carbocycles. The molecule has 0 aliphatic carbocycles. The Balaban J connectivity index is 1.89. The largest absolute Gasteiger partial charge is 0.437 e. The zero-order valence-electron chi connectivity index (χ0n) is 14.1. The normalized spacial score (nSPS) is 11.0. The van der Waals surface area contributed by atoms with Crippen LogP contribution in [0.3, 0.4) is 0 Å². The molecule has 27 heavy (non-hydrogen) atoms. The Morgan fingerprint density at radius 2 is 1.96 bits per heavy atom. The molecule has 0 atom stereocenters. The van der Waals surface area contributed by atoms with Crippen molar-refractivity contribution in [1.29, 1.82) is 0 Å². The van der Waals surface area contributed by atoms with Crippen LogP contribution >= 0.6 is 0 Å². The fourth-order valence-corrected chi connectivity index (χ4v) is 2.89. The van der Waals surface area contributed by atoms with Crippen molar-refractivity contribution < 1.29 is 18.1 Å². The van der Waals surface area contributed by atoms with Crippen LogP contribution in [0.15, 0.2) is 66.0 Å². The molecule has 0 radical (unpaired) electrons. The molecule has 138 valence electrons. The zero-order chi connectivity index (χ0) is 19.4. The minimum absolute atomic E-state index is 0.125. The molecule has 0 spiro atoms. The fourth-order valence-electron chi connectivity index (χ4n) is 2.25. The molecule has 1 N–H and O–H groups in total. The van der Waals surface area contributed by atoms with E-state index in [-0.39, 0.29) is 16.3 Å². The summed E-state index contributed by atoms with van der Waals surface area (Å²) in [4.78, 5) is 18.5. The highest BCUT2D eigenvalue weighted by Crippen LogP contribution is 2.31. The summed E-state index contributed by atoms with van der Waals surface area (Å²) in [5.74, 6) is 0.758. The summed E-state index contributed by atoms with van der Waals surface area (Å²) >= 11 is 0. The van der Waals surface area contributed by atoms with Gasteiger partial charge >= 0.3 is 0 Å². The van der Waals surface area contributed by atoms with Crippen LogP contribution in [0.2, 0.25) is 0 Å². The summed E-state index contributed by atoms with van der Waals surface area (Å²) in [6, 6.07) is 10.4. The maximum atomic E-state index is 11.6. The van der Waals surface area contributed by atoms with Crippen molar-refractivity contribution in [2.45, 2.75) is 4.90 Å². The van der Waals surface area contributed by atoms with Gasteiger partial charge in [0.15, 0.2) is 9.84 Å². The smallest absolute Gasteiger partial charge is 0.293 e. The lowest BCUT2D eigenvalue weighted by Crippen LogP contribution is -2.02. The van der Waals surface area contributed by atoms with Gasteiger partial charge < -0.3 is 10.1 Å². The van der Waals surface area contributed by atoms with Gasteiger partial charge in [-0.3, -0.25) is 15.1 Å². The van der Waals surface area contributed by atoms with Crippen LogP contribution in [0.25, 0.3) is 0 Å². The predicted molar refractivity (Wildman–Crippen MR) is 98.0 cm³/mol. The maximum absolute atomic E-state index is 11.6. The van der Waals surface area contributed by atoms with E-state index in [0.29, 0.717) is 17.3 Å². The number of nitro benzene ring substituents is 1. The van der Waals surface area contributed by atoms with E-state index in [1.54, 1.807) is 24.3 Å². The first-order chi connectivity index (χ1) is 12.8. The Morgan fingerprint density at radius 3 is 2.63 bits per heavy atom. The molecule has 3 aromatic rings. The Hall–Kier alpha value is -3.53. The molecule has 1 heterocycles. The number of hydrogen-bond donors (Lipinski definition) is 1. The summed E-state index contributed by atoms with van der Waals surface area (Å²) < 4.78 is 28.8. The van der Waals surface area contributed by atoms with Crippen molar-refractivity contribution in [3.63, 3.8) is 0 Å². The van der Waals surface area contributed by atoms with E-state index in [0.717, 1.165) is 12.3 Å². The minimum Gasteiger partial charge on any atom is -0.437 e. The second-order valence-electron chi connectivity index (χ2n) is 5.51. The third-order valence-electron chi connectivity index (χ3n) is 3.47. The lowest BCUT2D eigenvalue weighted by atomic mass is 10.2. The highest BCUT2D eigenvalue weighted by atomic mass is 32.2. The van der Waals surface area contributed by atoms with Crippen molar-refractivity contribution in [3.05, 3.63) is 71.2 Å². The van der Waals surface area contributed by atoms with Gasteiger partial charge in [0, 0.05) is 36.5 Å². The first kappa shape index (κ1) is 18.3. The molecule has 2 aromatic carbocycles. The third-order valence-corrected chi connectivity index (χ3v) is 4.58. The first-order valence-electron chi connectivity index (χ1n) is 7.62.